The Morgan fingerprint density at radius 3 is 2.32 bits per heavy atom. The highest BCUT2D eigenvalue weighted by molar-refractivity contribution is 7.85. The van der Waals surface area contributed by atoms with Crippen LogP contribution in [0.25, 0.3) is 0 Å². The van der Waals surface area contributed by atoms with Gasteiger partial charge in [-0.1, -0.05) is 30.3 Å². The minimum absolute atomic E-state index is 0.00668. The number of ether oxygens (including phenoxy) is 2. The normalized spacial score (nSPS) is 12.1. The van der Waals surface area contributed by atoms with Crippen molar-refractivity contribution in [1.29, 1.82) is 0 Å². The zero-order valence-corrected chi connectivity index (χ0v) is 13.9. The number of carbonyl (C=O) groups excluding carboxylic acids is 1. The summed E-state index contributed by atoms with van der Waals surface area (Å²) in [6.07, 6.45) is 0. The molecule has 0 heterocycles. The molecule has 0 aliphatic heterocycles. The molecular weight excluding hydrogens is 308 g/mol. The van der Waals surface area contributed by atoms with Gasteiger partial charge in [-0.3, -0.25) is 4.18 Å². The molecule has 0 aliphatic rings. The molecule has 7 heteroatoms. The van der Waals surface area contributed by atoms with Gasteiger partial charge in [-0.05, 0) is 26.3 Å². The van der Waals surface area contributed by atoms with E-state index in [1.165, 1.54) is 0 Å². The van der Waals surface area contributed by atoms with Gasteiger partial charge in [0.15, 0.2) is 0 Å². The fraction of sp³-hybridized carbons (Fsp3) is 0.533. The van der Waals surface area contributed by atoms with Crippen LogP contribution in [0.5, 0.6) is 0 Å². The molecule has 0 aromatic heterocycles. The van der Waals surface area contributed by atoms with Gasteiger partial charge in [0.05, 0.1) is 13.2 Å². The Hall–Kier alpha value is -1.44. The van der Waals surface area contributed by atoms with E-state index in [0.29, 0.717) is 5.56 Å². The fourth-order valence-electron chi connectivity index (χ4n) is 1.57. The second kappa shape index (κ2) is 8.26. The molecule has 0 bridgehead atoms. The van der Waals surface area contributed by atoms with Crippen molar-refractivity contribution in [3.05, 3.63) is 35.9 Å². The van der Waals surface area contributed by atoms with E-state index < -0.39 is 21.7 Å². The molecule has 1 rings (SSSR count). The minimum Gasteiger partial charge on any atom is -0.458 e. The Kier molecular flexibility index (Phi) is 6.99. The van der Waals surface area contributed by atoms with Crippen molar-refractivity contribution in [2.75, 3.05) is 19.8 Å². The number of hydrogen-bond acceptors (Lipinski definition) is 6. The lowest BCUT2D eigenvalue weighted by molar-refractivity contribution is -0.160. The molecule has 0 N–H and O–H groups in total. The van der Waals surface area contributed by atoms with Gasteiger partial charge in [-0.25, -0.2) is 4.79 Å². The summed E-state index contributed by atoms with van der Waals surface area (Å²) in [5.74, 6) is -0.695. The predicted molar refractivity (Wildman–Crippen MR) is 81.7 cm³/mol. The van der Waals surface area contributed by atoms with Gasteiger partial charge in [0.1, 0.15) is 18.0 Å². The van der Waals surface area contributed by atoms with Gasteiger partial charge in [0, 0.05) is 0 Å². The number of hydrogen-bond donors (Lipinski definition) is 0. The Morgan fingerprint density at radius 2 is 1.73 bits per heavy atom. The standard InChI is InChI=1S/C15H22O6S/c1-15(2,3)21-14(16)11-19-9-10-20-22(17,18)12-13-7-5-4-6-8-13/h4-8H,9-12H2,1-3H3. The molecule has 0 radical (unpaired) electrons. The molecule has 0 unspecified atom stereocenters. The quantitative estimate of drug-likeness (QED) is 0.411. The maximum Gasteiger partial charge on any atom is 0.332 e. The summed E-state index contributed by atoms with van der Waals surface area (Å²) in [7, 11) is -3.66. The van der Waals surface area contributed by atoms with Crippen LogP contribution in [0.15, 0.2) is 30.3 Å². The molecule has 0 saturated carbocycles. The second-order valence-corrected chi connectivity index (χ2v) is 7.29. The smallest absolute Gasteiger partial charge is 0.332 e. The van der Waals surface area contributed by atoms with E-state index >= 15 is 0 Å². The lowest BCUT2D eigenvalue weighted by atomic mass is 10.2. The summed E-state index contributed by atoms with van der Waals surface area (Å²) in [5.41, 5.74) is 0.0767. The zero-order valence-electron chi connectivity index (χ0n) is 13.1. The zero-order chi connectivity index (χ0) is 16.6. The second-order valence-electron chi connectivity index (χ2n) is 5.65. The minimum atomic E-state index is -3.66. The first-order valence-electron chi connectivity index (χ1n) is 6.88. The van der Waals surface area contributed by atoms with E-state index in [-0.39, 0.29) is 25.6 Å². The number of esters is 1. The van der Waals surface area contributed by atoms with Gasteiger partial charge >= 0.3 is 5.97 Å². The van der Waals surface area contributed by atoms with Crippen molar-refractivity contribution in [3.8, 4) is 0 Å². The van der Waals surface area contributed by atoms with Crippen LogP contribution in [0.2, 0.25) is 0 Å². The molecule has 0 aliphatic carbocycles. The highest BCUT2D eigenvalue weighted by atomic mass is 32.2. The SMILES string of the molecule is CC(C)(C)OC(=O)COCCOS(=O)(=O)Cc1ccccc1. The first-order valence-corrected chi connectivity index (χ1v) is 8.46. The third kappa shape index (κ3) is 8.76. The number of benzene rings is 1. The molecule has 22 heavy (non-hydrogen) atoms. The number of carbonyl (C=O) groups is 1. The maximum atomic E-state index is 11.7. The lowest BCUT2D eigenvalue weighted by Gasteiger charge is -2.19. The fourth-order valence-corrected chi connectivity index (χ4v) is 2.57. The topological polar surface area (TPSA) is 78.9 Å². The summed E-state index contributed by atoms with van der Waals surface area (Å²) < 4.78 is 38.3. The Morgan fingerprint density at radius 1 is 1.09 bits per heavy atom. The van der Waals surface area contributed by atoms with Crippen molar-refractivity contribution >= 4 is 16.1 Å². The van der Waals surface area contributed by atoms with Crippen LogP contribution in [0.4, 0.5) is 0 Å². The van der Waals surface area contributed by atoms with Crippen LogP contribution >= 0.6 is 0 Å². The van der Waals surface area contributed by atoms with Gasteiger partial charge in [0.2, 0.25) is 0 Å². The van der Waals surface area contributed by atoms with Crippen molar-refractivity contribution in [1.82, 2.24) is 0 Å². The molecule has 0 atom stereocenters. The Labute approximate surface area is 131 Å². The monoisotopic (exact) mass is 330 g/mol. The highest BCUT2D eigenvalue weighted by Gasteiger charge is 2.16. The summed E-state index contributed by atoms with van der Waals surface area (Å²) >= 11 is 0. The summed E-state index contributed by atoms with van der Waals surface area (Å²) in [4.78, 5) is 11.4. The molecule has 0 saturated heterocycles. The average Bonchev–Trinajstić information content (AvgIpc) is 2.36. The largest absolute Gasteiger partial charge is 0.458 e. The molecule has 0 spiro atoms. The Bertz CT molecular complexity index is 559. The van der Waals surface area contributed by atoms with Gasteiger partial charge < -0.3 is 9.47 Å². The predicted octanol–water partition coefficient (Wildman–Crippen LogP) is 1.89. The van der Waals surface area contributed by atoms with Crippen molar-refractivity contribution in [3.63, 3.8) is 0 Å². The van der Waals surface area contributed by atoms with Crippen LogP contribution < -0.4 is 0 Å². The van der Waals surface area contributed by atoms with E-state index in [1.807, 2.05) is 6.07 Å². The Balaban J connectivity index is 2.22. The van der Waals surface area contributed by atoms with E-state index in [2.05, 4.69) is 0 Å². The van der Waals surface area contributed by atoms with Crippen LogP contribution in [0, 0.1) is 0 Å². The maximum absolute atomic E-state index is 11.7. The van der Waals surface area contributed by atoms with Crippen LogP contribution in [0.1, 0.15) is 26.3 Å². The lowest BCUT2D eigenvalue weighted by Crippen LogP contribution is -2.27. The summed E-state index contributed by atoms with van der Waals surface area (Å²) in [5, 5.41) is 0. The first kappa shape index (κ1) is 18.6. The van der Waals surface area contributed by atoms with Crippen LogP contribution in [0.3, 0.4) is 0 Å². The molecule has 1 aromatic rings. The van der Waals surface area contributed by atoms with Gasteiger partial charge in [-0.2, -0.15) is 8.42 Å². The third-order valence-corrected chi connectivity index (χ3v) is 3.53. The van der Waals surface area contributed by atoms with E-state index in [1.54, 1.807) is 45.0 Å². The van der Waals surface area contributed by atoms with E-state index in [9.17, 15) is 13.2 Å². The van der Waals surface area contributed by atoms with Crippen molar-refractivity contribution < 1.29 is 26.9 Å². The van der Waals surface area contributed by atoms with Crippen molar-refractivity contribution in [2.24, 2.45) is 0 Å². The highest BCUT2D eigenvalue weighted by Crippen LogP contribution is 2.08. The third-order valence-electron chi connectivity index (χ3n) is 2.32. The van der Waals surface area contributed by atoms with Gasteiger partial charge in [-0.15, -0.1) is 0 Å². The molecule has 6 nitrogen and oxygen atoms in total. The molecular formula is C15H22O6S. The van der Waals surface area contributed by atoms with Crippen LogP contribution in [-0.4, -0.2) is 39.8 Å². The summed E-state index contributed by atoms with van der Waals surface area (Å²) in [6, 6.07) is 8.74. The van der Waals surface area contributed by atoms with E-state index in [4.69, 9.17) is 13.7 Å². The molecule has 1 aromatic carbocycles. The molecule has 0 fully saturated rings. The summed E-state index contributed by atoms with van der Waals surface area (Å²) in [6.45, 7) is 4.88. The van der Waals surface area contributed by atoms with E-state index in [0.717, 1.165) is 0 Å². The molecule has 124 valence electrons. The number of rotatable bonds is 8. The van der Waals surface area contributed by atoms with Gasteiger partial charge in [0.25, 0.3) is 10.1 Å². The van der Waals surface area contributed by atoms with Crippen molar-refractivity contribution in [2.45, 2.75) is 32.1 Å². The average molecular weight is 330 g/mol. The molecule has 0 amide bonds. The first-order chi connectivity index (χ1) is 10.2. The van der Waals surface area contributed by atoms with Crippen LogP contribution in [-0.2, 0) is 34.3 Å².